The van der Waals surface area contributed by atoms with Gasteiger partial charge in [0.25, 0.3) is 5.56 Å². The Labute approximate surface area is 112 Å². The van der Waals surface area contributed by atoms with Crippen molar-refractivity contribution < 1.29 is 4.79 Å². The van der Waals surface area contributed by atoms with Crippen LogP contribution in [0.15, 0.2) is 11.1 Å². The zero-order valence-electron chi connectivity index (χ0n) is 9.20. The Kier molecular flexibility index (Phi) is 3.97. The minimum atomic E-state index is -0.197. The Morgan fingerprint density at radius 2 is 2.24 bits per heavy atom. The van der Waals surface area contributed by atoms with Crippen molar-refractivity contribution in [1.82, 2.24) is 14.9 Å². The van der Waals surface area contributed by atoms with Crippen LogP contribution in [-0.2, 0) is 4.79 Å². The highest BCUT2D eigenvalue weighted by Crippen LogP contribution is 2.10. The molecule has 1 fully saturated rings. The molecule has 1 aromatic heterocycles. The number of nitrogens with zero attached hydrogens (tertiary/aromatic N) is 2. The van der Waals surface area contributed by atoms with E-state index in [0.717, 1.165) is 25.9 Å². The molecule has 2 N–H and O–H groups in total. The lowest BCUT2D eigenvalue weighted by Crippen LogP contribution is -2.33. The van der Waals surface area contributed by atoms with E-state index in [1.165, 1.54) is 6.33 Å². The fraction of sp³-hybridized carbons (Fsp3) is 0.500. The molecule has 0 aliphatic carbocycles. The van der Waals surface area contributed by atoms with Gasteiger partial charge in [-0.25, -0.2) is 4.98 Å². The summed E-state index contributed by atoms with van der Waals surface area (Å²) in [6.07, 6.45) is 3.48. The standard InChI is InChI=1S/C10H13IN4O2/c11-8-9(13-6-14-10(8)17)12-5-7(16)15-3-1-2-4-15/h6H,1-5H2,(H2,12,13,14,17). The van der Waals surface area contributed by atoms with Gasteiger partial charge < -0.3 is 15.2 Å². The molecule has 1 amide bonds. The number of amides is 1. The Balaban J connectivity index is 1.95. The van der Waals surface area contributed by atoms with Crippen molar-refractivity contribution in [3.8, 4) is 0 Å². The third-order valence-electron chi connectivity index (χ3n) is 2.66. The number of carbonyl (C=O) groups excluding carboxylic acids is 1. The number of likely N-dealkylation sites (tertiary alicyclic amines) is 1. The summed E-state index contributed by atoms with van der Waals surface area (Å²) >= 11 is 1.91. The van der Waals surface area contributed by atoms with Crippen LogP contribution in [0.1, 0.15) is 12.8 Å². The molecule has 2 heterocycles. The summed E-state index contributed by atoms with van der Waals surface area (Å²) in [5, 5.41) is 2.90. The van der Waals surface area contributed by atoms with Crippen molar-refractivity contribution in [2.75, 3.05) is 25.0 Å². The first-order chi connectivity index (χ1) is 8.18. The van der Waals surface area contributed by atoms with Gasteiger partial charge in [-0.15, -0.1) is 0 Å². The summed E-state index contributed by atoms with van der Waals surface area (Å²) in [5.41, 5.74) is -0.197. The summed E-state index contributed by atoms with van der Waals surface area (Å²) in [5.74, 6) is 0.516. The topological polar surface area (TPSA) is 78.1 Å². The Morgan fingerprint density at radius 1 is 1.53 bits per heavy atom. The van der Waals surface area contributed by atoms with Gasteiger partial charge in [0.15, 0.2) is 0 Å². The second kappa shape index (κ2) is 5.48. The minimum Gasteiger partial charge on any atom is -0.360 e. The largest absolute Gasteiger partial charge is 0.360 e. The number of carbonyl (C=O) groups is 1. The molecular weight excluding hydrogens is 335 g/mol. The zero-order valence-corrected chi connectivity index (χ0v) is 11.4. The molecule has 1 aliphatic heterocycles. The van der Waals surface area contributed by atoms with Gasteiger partial charge in [-0.3, -0.25) is 9.59 Å². The molecule has 0 spiro atoms. The Hall–Kier alpha value is -1.12. The van der Waals surface area contributed by atoms with Gasteiger partial charge in [-0.05, 0) is 35.4 Å². The molecule has 1 aliphatic rings. The minimum absolute atomic E-state index is 0.0559. The highest BCUT2D eigenvalue weighted by atomic mass is 127. The van der Waals surface area contributed by atoms with Gasteiger partial charge in [0, 0.05) is 13.1 Å². The Morgan fingerprint density at radius 3 is 2.94 bits per heavy atom. The molecule has 17 heavy (non-hydrogen) atoms. The molecule has 0 radical (unpaired) electrons. The van der Waals surface area contributed by atoms with Gasteiger partial charge in [0.1, 0.15) is 9.39 Å². The molecule has 6 nitrogen and oxygen atoms in total. The first-order valence-corrected chi connectivity index (χ1v) is 6.51. The number of nitrogens with one attached hydrogen (secondary N) is 2. The first-order valence-electron chi connectivity index (χ1n) is 5.43. The molecular formula is C10H13IN4O2. The van der Waals surface area contributed by atoms with Crippen LogP contribution >= 0.6 is 22.6 Å². The van der Waals surface area contributed by atoms with Gasteiger partial charge >= 0.3 is 0 Å². The number of anilines is 1. The first kappa shape index (κ1) is 12.3. The average Bonchev–Trinajstić information content (AvgIpc) is 2.84. The van der Waals surface area contributed by atoms with Crippen molar-refractivity contribution in [1.29, 1.82) is 0 Å². The maximum absolute atomic E-state index is 11.8. The second-order valence-corrected chi connectivity index (χ2v) is 4.91. The van der Waals surface area contributed by atoms with E-state index in [4.69, 9.17) is 0 Å². The fourth-order valence-electron chi connectivity index (χ4n) is 1.74. The molecule has 0 aromatic carbocycles. The smallest absolute Gasteiger partial charge is 0.266 e. The number of H-pyrrole nitrogens is 1. The molecule has 7 heteroatoms. The van der Waals surface area contributed by atoms with Gasteiger partial charge in [-0.1, -0.05) is 0 Å². The maximum Gasteiger partial charge on any atom is 0.266 e. The Bertz CT molecular complexity index is 468. The molecule has 0 bridgehead atoms. The van der Waals surface area contributed by atoms with Crippen molar-refractivity contribution in [2.24, 2.45) is 0 Å². The molecule has 0 unspecified atom stereocenters. The molecule has 0 atom stereocenters. The normalized spacial score (nSPS) is 15.0. The lowest BCUT2D eigenvalue weighted by atomic mass is 10.4. The zero-order chi connectivity index (χ0) is 12.3. The van der Waals surface area contributed by atoms with Crippen LogP contribution < -0.4 is 10.9 Å². The average molecular weight is 348 g/mol. The number of aromatic amines is 1. The third kappa shape index (κ3) is 2.96. The van der Waals surface area contributed by atoms with Gasteiger partial charge in [0.2, 0.25) is 5.91 Å². The lowest BCUT2D eigenvalue weighted by Gasteiger charge is -2.15. The van der Waals surface area contributed by atoms with Crippen LogP contribution in [0, 0.1) is 3.57 Å². The number of hydrogen-bond donors (Lipinski definition) is 2. The third-order valence-corrected chi connectivity index (χ3v) is 3.66. The summed E-state index contributed by atoms with van der Waals surface area (Å²) in [7, 11) is 0. The van der Waals surface area contributed by atoms with E-state index in [-0.39, 0.29) is 18.0 Å². The van der Waals surface area contributed by atoms with Crippen LogP contribution in [-0.4, -0.2) is 40.4 Å². The predicted molar refractivity (Wildman–Crippen MR) is 71.9 cm³/mol. The summed E-state index contributed by atoms with van der Waals surface area (Å²) < 4.78 is 0.472. The van der Waals surface area contributed by atoms with Crippen molar-refractivity contribution in [3.05, 3.63) is 20.3 Å². The molecule has 0 saturated carbocycles. The van der Waals surface area contributed by atoms with Crippen LogP contribution in [0.4, 0.5) is 5.82 Å². The lowest BCUT2D eigenvalue weighted by molar-refractivity contribution is -0.128. The monoisotopic (exact) mass is 348 g/mol. The van der Waals surface area contributed by atoms with Crippen LogP contribution in [0.25, 0.3) is 0 Å². The van der Waals surface area contributed by atoms with Crippen molar-refractivity contribution in [3.63, 3.8) is 0 Å². The number of aromatic nitrogens is 2. The van der Waals surface area contributed by atoms with E-state index in [0.29, 0.717) is 9.39 Å². The molecule has 2 rings (SSSR count). The highest BCUT2D eigenvalue weighted by Gasteiger charge is 2.17. The number of halogens is 1. The van der Waals surface area contributed by atoms with Crippen LogP contribution in [0.3, 0.4) is 0 Å². The molecule has 92 valence electrons. The van der Waals surface area contributed by atoms with Crippen LogP contribution in [0.2, 0.25) is 0 Å². The van der Waals surface area contributed by atoms with E-state index in [1.807, 2.05) is 27.5 Å². The molecule has 1 saturated heterocycles. The summed E-state index contributed by atoms with van der Waals surface area (Å²) in [6, 6.07) is 0. The SMILES string of the molecule is O=C(CNc1nc[nH]c(=O)c1I)N1CCCC1. The van der Waals surface area contributed by atoms with Crippen molar-refractivity contribution in [2.45, 2.75) is 12.8 Å². The van der Waals surface area contributed by atoms with Crippen molar-refractivity contribution >= 4 is 34.3 Å². The second-order valence-electron chi connectivity index (χ2n) is 3.84. The van der Waals surface area contributed by atoms with E-state index in [2.05, 4.69) is 15.3 Å². The van der Waals surface area contributed by atoms with Gasteiger partial charge in [-0.2, -0.15) is 0 Å². The highest BCUT2D eigenvalue weighted by molar-refractivity contribution is 14.1. The van der Waals surface area contributed by atoms with Crippen LogP contribution in [0.5, 0.6) is 0 Å². The van der Waals surface area contributed by atoms with Gasteiger partial charge in [0.05, 0.1) is 12.9 Å². The number of hydrogen-bond acceptors (Lipinski definition) is 4. The van der Waals surface area contributed by atoms with E-state index < -0.39 is 0 Å². The quantitative estimate of drug-likeness (QED) is 0.776. The molecule has 1 aromatic rings. The number of rotatable bonds is 3. The van der Waals surface area contributed by atoms with E-state index in [9.17, 15) is 9.59 Å². The van der Waals surface area contributed by atoms with E-state index in [1.54, 1.807) is 0 Å². The summed E-state index contributed by atoms with van der Waals surface area (Å²) in [6.45, 7) is 1.85. The maximum atomic E-state index is 11.8. The van der Waals surface area contributed by atoms with E-state index >= 15 is 0 Å². The summed E-state index contributed by atoms with van der Waals surface area (Å²) in [4.78, 5) is 31.4. The predicted octanol–water partition coefficient (Wildman–Crippen LogP) is 0.409. The fourth-order valence-corrected chi connectivity index (χ4v) is 2.23.